The van der Waals surface area contributed by atoms with Crippen molar-refractivity contribution in [1.29, 1.82) is 0 Å². The van der Waals surface area contributed by atoms with Crippen molar-refractivity contribution in [3.05, 3.63) is 12.2 Å². The minimum Gasteiger partial charge on any atom is -0.342 e. The van der Waals surface area contributed by atoms with Gasteiger partial charge in [0.2, 0.25) is 5.91 Å². The van der Waals surface area contributed by atoms with Crippen molar-refractivity contribution < 1.29 is 17.8 Å². The van der Waals surface area contributed by atoms with E-state index in [1.54, 1.807) is 0 Å². The summed E-state index contributed by atoms with van der Waals surface area (Å²) in [6, 6.07) is 0. The Balaban J connectivity index is 1.95. The van der Waals surface area contributed by atoms with Gasteiger partial charge in [0, 0.05) is 19.0 Å². The maximum atomic E-state index is 12.4. The summed E-state index contributed by atoms with van der Waals surface area (Å²) in [7, 11) is -3.99. The van der Waals surface area contributed by atoms with Gasteiger partial charge in [-0.3, -0.25) is 9.35 Å². The average molecular weight is 287 g/mol. The first-order valence-electron chi connectivity index (χ1n) is 6.88. The minimum absolute atomic E-state index is 0.0569. The summed E-state index contributed by atoms with van der Waals surface area (Å²) in [6.45, 7) is 1.46. The molecule has 6 heteroatoms. The lowest BCUT2D eigenvalue weighted by Crippen LogP contribution is -2.37. The molecule has 1 N–H and O–H groups in total. The van der Waals surface area contributed by atoms with Gasteiger partial charge >= 0.3 is 0 Å². The molecular formula is C13H21NO4S. The summed E-state index contributed by atoms with van der Waals surface area (Å²) in [5, 5.41) is -0.754. The van der Waals surface area contributed by atoms with E-state index in [0.717, 1.165) is 25.8 Å². The molecule has 2 rings (SSSR count). The van der Waals surface area contributed by atoms with Crippen LogP contribution in [0.2, 0.25) is 0 Å². The third-order valence-corrected chi connectivity index (χ3v) is 5.27. The van der Waals surface area contributed by atoms with Gasteiger partial charge in [0.1, 0.15) is 0 Å². The van der Waals surface area contributed by atoms with Crippen molar-refractivity contribution in [3.63, 3.8) is 0 Å². The zero-order valence-electron chi connectivity index (χ0n) is 11.0. The number of rotatable bonds is 2. The van der Waals surface area contributed by atoms with E-state index in [1.807, 2.05) is 4.90 Å². The van der Waals surface area contributed by atoms with Crippen LogP contribution in [0.25, 0.3) is 0 Å². The Bertz CT molecular complexity index is 457. The second-order valence-corrected chi connectivity index (χ2v) is 7.07. The molecule has 19 heavy (non-hydrogen) atoms. The van der Waals surface area contributed by atoms with Gasteiger partial charge in [0.25, 0.3) is 10.1 Å². The number of hydrogen-bond acceptors (Lipinski definition) is 3. The summed E-state index contributed by atoms with van der Waals surface area (Å²) >= 11 is 0. The van der Waals surface area contributed by atoms with Crippen LogP contribution in [0, 0.1) is 5.92 Å². The predicted octanol–water partition coefficient (Wildman–Crippen LogP) is 1.61. The number of carbonyl (C=O) groups excluding carboxylic acids is 1. The molecule has 1 amide bonds. The van der Waals surface area contributed by atoms with Crippen LogP contribution in [0.15, 0.2) is 12.2 Å². The minimum atomic E-state index is -3.99. The maximum Gasteiger partial charge on any atom is 0.267 e. The highest BCUT2D eigenvalue weighted by Crippen LogP contribution is 2.31. The standard InChI is InChI=1S/C13H21NO4S/c15-13(14-8-4-2-1-3-5-9-14)11-6-7-12(10-11)19(16,17)18/h1-2,11-12H,3-10H2,(H,16,17,18)/b2-1-. The first kappa shape index (κ1) is 14.5. The van der Waals surface area contributed by atoms with Gasteiger partial charge in [0.05, 0.1) is 5.25 Å². The van der Waals surface area contributed by atoms with Crippen LogP contribution in [0.5, 0.6) is 0 Å². The number of amides is 1. The van der Waals surface area contributed by atoms with E-state index in [9.17, 15) is 13.2 Å². The first-order valence-corrected chi connectivity index (χ1v) is 8.39. The van der Waals surface area contributed by atoms with Crippen LogP contribution >= 0.6 is 0 Å². The summed E-state index contributed by atoms with van der Waals surface area (Å²) in [4.78, 5) is 14.2. The molecule has 108 valence electrons. The van der Waals surface area contributed by atoms with Gasteiger partial charge in [0.15, 0.2) is 0 Å². The molecule has 2 atom stereocenters. The molecule has 5 nitrogen and oxygen atoms in total. The van der Waals surface area contributed by atoms with Crippen LogP contribution in [-0.2, 0) is 14.9 Å². The van der Waals surface area contributed by atoms with Crippen molar-refractivity contribution in [2.45, 2.75) is 43.8 Å². The van der Waals surface area contributed by atoms with E-state index in [1.165, 1.54) is 0 Å². The monoisotopic (exact) mass is 287 g/mol. The molecule has 0 aromatic carbocycles. The van der Waals surface area contributed by atoms with Crippen LogP contribution in [0.4, 0.5) is 0 Å². The molecule has 1 saturated carbocycles. The van der Waals surface area contributed by atoms with E-state index in [2.05, 4.69) is 12.2 Å². The Hall–Kier alpha value is -0.880. The van der Waals surface area contributed by atoms with Gasteiger partial charge in [-0.05, 0) is 38.5 Å². The topological polar surface area (TPSA) is 74.7 Å². The Morgan fingerprint density at radius 3 is 2.58 bits per heavy atom. The summed E-state index contributed by atoms with van der Waals surface area (Å²) in [5.41, 5.74) is 0. The van der Waals surface area contributed by atoms with Crippen LogP contribution in [0.3, 0.4) is 0 Å². The predicted molar refractivity (Wildman–Crippen MR) is 72.2 cm³/mol. The van der Waals surface area contributed by atoms with Crippen molar-refractivity contribution in [3.8, 4) is 0 Å². The van der Waals surface area contributed by atoms with E-state index in [4.69, 9.17) is 4.55 Å². The fourth-order valence-electron chi connectivity index (χ4n) is 2.89. The Morgan fingerprint density at radius 2 is 1.89 bits per heavy atom. The van der Waals surface area contributed by atoms with E-state index in [0.29, 0.717) is 19.4 Å². The van der Waals surface area contributed by atoms with E-state index >= 15 is 0 Å². The lowest BCUT2D eigenvalue weighted by Gasteiger charge is -2.26. The molecule has 2 aliphatic rings. The van der Waals surface area contributed by atoms with Gasteiger partial charge in [-0.1, -0.05) is 12.2 Å². The molecule has 1 fully saturated rings. The van der Waals surface area contributed by atoms with Gasteiger partial charge in [-0.15, -0.1) is 0 Å². The van der Waals surface area contributed by atoms with Gasteiger partial charge in [-0.25, -0.2) is 0 Å². The summed E-state index contributed by atoms with van der Waals surface area (Å²) in [5.74, 6) is -0.184. The van der Waals surface area contributed by atoms with E-state index < -0.39 is 15.4 Å². The maximum absolute atomic E-state index is 12.4. The largest absolute Gasteiger partial charge is 0.342 e. The van der Waals surface area contributed by atoms with Crippen LogP contribution in [0.1, 0.15) is 38.5 Å². The van der Waals surface area contributed by atoms with Crippen molar-refractivity contribution in [2.75, 3.05) is 13.1 Å². The fraction of sp³-hybridized carbons (Fsp3) is 0.769. The molecule has 0 radical (unpaired) electrons. The van der Waals surface area contributed by atoms with Crippen LogP contribution in [-0.4, -0.2) is 42.1 Å². The molecule has 0 saturated heterocycles. The number of nitrogens with zero attached hydrogens (tertiary/aromatic N) is 1. The third kappa shape index (κ3) is 3.79. The third-order valence-electron chi connectivity index (χ3n) is 4.00. The first-order chi connectivity index (χ1) is 8.98. The number of allylic oxidation sites excluding steroid dienone is 1. The van der Waals surface area contributed by atoms with Crippen molar-refractivity contribution in [2.24, 2.45) is 5.92 Å². The fourth-order valence-corrected chi connectivity index (χ4v) is 3.80. The molecule has 0 aromatic heterocycles. The molecule has 1 aliphatic heterocycles. The summed E-state index contributed by atoms with van der Waals surface area (Å²) < 4.78 is 31.2. The molecule has 0 bridgehead atoms. The molecule has 0 aromatic rings. The average Bonchev–Trinajstić information content (AvgIpc) is 2.76. The molecular weight excluding hydrogens is 266 g/mol. The zero-order valence-corrected chi connectivity index (χ0v) is 11.8. The highest BCUT2D eigenvalue weighted by Gasteiger charge is 2.38. The molecule has 1 aliphatic carbocycles. The second kappa shape index (κ2) is 6.05. The number of hydrogen-bond donors (Lipinski definition) is 1. The Kier molecular flexibility index (Phi) is 4.62. The molecule has 0 spiro atoms. The molecule has 2 unspecified atom stereocenters. The highest BCUT2D eigenvalue weighted by molar-refractivity contribution is 7.86. The lowest BCUT2D eigenvalue weighted by atomic mass is 10.1. The van der Waals surface area contributed by atoms with E-state index in [-0.39, 0.29) is 18.2 Å². The molecule has 1 heterocycles. The normalized spacial score (nSPS) is 30.7. The summed E-state index contributed by atoms with van der Waals surface area (Å²) in [6.07, 6.45) is 8.27. The Morgan fingerprint density at radius 1 is 1.16 bits per heavy atom. The Labute approximate surface area is 114 Å². The van der Waals surface area contributed by atoms with Gasteiger partial charge < -0.3 is 4.90 Å². The lowest BCUT2D eigenvalue weighted by molar-refractivity contribution is -0.135. The van der Waals surface area contributed by atoms with Gasteiger partial charge in [-0.2, -0.15) is 8.42 Å². The quantitative estimate of drug-likeness (QED) is 0.618. The van der Waals surface area contributed by atoms with Crippen LogP contribution < -0.4 is 0 Å². The second-order valence-electron chi connectivity index (χ2n) is 5.37. The smallest absolute Gasteiger partial charge is 0.267 e. The zero-order chi connectivity index (χ0) is 13.9. The van der Waals surface area contributed by atoms with Crippen molar-refractivity contribution in [1.82, 2.24) is 4.90 Å². The number of carbonyl (C=O) groups is 1. The highest BCUT2D eigenvalue weighted by atomic mass is 32.2. The van der Waals surface area contributed by atoms with Crippen molar-refractivity contribution >= 4 is 16.0 Å². The SMILES string of the molecule is O=C(C1CCC(S(=O)(=O)O)C1)N1CC/C=C\CCC1.